The summed E-state index contributed by atoms with van der Waals surface area (Å²) in [7, 11) is 0. The number of aryl methyl sites for hydroxylation is 1. The minimum Gasteiger partial charge on any atom is -0.494 e. The summed E-state index contributed by atoms with van der Waals surface area (Å²) in [4.78, 5) is 33.2. The Morgan fingerprint density at radius 2 is 2.03 bits per heavy atom. The van der Waals surface area contributed by atoms with Gasteiger partial charge in [0.25, 0.3) is 0 Å². The zero-order valence-electron chi connectivity index (χ0n) is 20.6. The van der Waals surface area contributed by atoms with E-state index in [2.05, 4.69) is 25.3 Å². The minimum absolute atomic E-state index is 0.0150. The molecule has 1 aliphatic rings. The molecular formula is C26H29N7O3. The van der Waals surface area contributed by atoms with Gasteiger partial charge < -0.3 is 19.5 Å². The molecule has 0 spiro atoms. The Labute approximate surface area is 209 Å². The van der Waals surface area contributed by atoms with Crippen molar-refractivity contribution in [1.82, 2.24) is 30.4 Å². The molecule has 4 aromatic rings. The standard InChI is InChI=1S/C26H29N7O3/c1-4-35-19-8-9-21-20(15-19)16(2)29-26(30-21)33-13-10-18(11-14-33)24(34)28-17(3)25-31-23(32-36-25)22-7-5-6-12-27-22/h5-9,12,15,17-18H,4,10-11,13-14H2,1-3H3,(H,28,34)/t17-/m1/s1. The number of anilines is 1. The van der Waals surface area contributed by atoms with E-state index in [1.54, 1.807) is 6.20 Å². The first-order valence-electron chi connectivity index (χ1n) is 12.2. The summed E-state index contributed by atoms with van der Waals surface area (Å²) in [5, 5.41) is 7.99. The SMILES string of the molecule is CCOc1ccc2nc(N3CCC(C(=O)N[C@H](C)c4nc(-c5ccccn5)no4)CC3)nc(C)c2c1. The Morgan fingerprint density at radius 1 is 1.19 bits per heavy atom. The quantitative estimate of drug-likeness (QED) is 0.414. The van der Waals surface area contributed by atoms with E-state index in [4.69, 9.17) is 19.2 Å². The fourth-order valence-corrected chi connectivity index (χ4v) is 4.39. The first kappa shape index (κ1) is 23.7. The van der Waals surface area contributed by atoms with Gasteiger partial charge in [-0.1, -0.05) is 11.2 Å². The lowest BCUT2D eigenvalue weighted by Crippen LogP contribution is -2.41. The highest BCUT2D eigenvalue weighted by Crippen LogP contribution is 2.27. The highest BCUT2D eigenvalue weighted by Gasteiger charge is 2.28. The molecule has 5 rings (SSSR count). The molecule has 1 fully saturated rings. The molecule has 1 aromatic carbocycles. The van der Waals surface area contributed by atoms with E-state index in [0.29, 0.717) is 55.9 Å². The molecule has 1 saturated heterocycles. The van der Waals surface area contributed by atoms with Gasteiger partial charge in [-0.3, -0.25) is 9.78 Å². The van der Waals surface area contributed by atoms with E-state index < -0.39 is 6.04 Å². The number of carbonyl (C=O) groups excluding carboxylic acids is 1. The van der Waals surface area contributed by atoms with E-state index in [9.17, 15) is 4.79 Å². The lowest BCUT2D eigenvalue weighted by atomic mass is 9.96. The van der Waals surface area contributed by atoms with Crippen molar-refractivity contribution >= 4 is 22.8 Å². The molecule has 0 bridgehead atoms. The van der Waals surface area contributed by atoms with E-state index in [1.165, 1.54) is 0 Å². The zero-order chi connectivity index (χ0) is 25.1. The molecule has 4 heterocycles. The number of hydrogen-bond acceptors (Lipinski definition) is 9. The molecule has 1 aliphatic heterocycles. The largest absolute Gasteiger partial charge is 0.494 e. The van der Waals surface area contributed by atoms with Gasteiger partial charge in [0.15, 0.2) is 0 Å². The Morgan fingerprint density at radius 3 is 2.78 bits per heavy atom. The average molecular weight is 488 g/mol. The molecule has 186 valence electrons. The van der Waals surface area contributed by atoms with Crippen molar-refractivity contribution in [2.24, 2.45) is 5.92 Å². The molecule has 10 nitrogen and oxygen atoms in total. The predicted molar refractivity (Wildman–Crippen MR) is 134 cm³/mol. The Bertz CT molecular complexity index is 1350. The van der Waals surface area contributed by atoms with Gasteiger partial charge in [0.1, 0.15) is 17.5 Å². The fourth-order valence-electron chi connectivity index (χ4n) is 4.39. The van der Waals surface area contributed by atoms with Gasteiger partial charge in [-0.15, -0.1) is 0 Å². The first-order chi connectivity index (χ1) is 17.5. The number of piperidine rings is 1. The molecule has 0 unspecified atom stereocenters. The third kappa shape index (κ3) is 4.98. The summed E-state index contributed by atoms with van der Waals surface area (Å²) in [6, 6.07) is 11.0. The Hall–Kier alpha value is -4.08. The molecule has 0 saturated carbocycles. The predicted octanol–water partition coefficient (Wildman–Crippen LogP) is 3.88. The fraction of sp³-hybridized carbons (Fsp3) is 0.385. The monoisotopic (exact) mass is 487 g/mol. The third-order valence-electron chi connectivity index (χ3n) is 6.37. The van der Waals surface area contributed by atoms with Crippen LogP contribution in [-0.4, -0.2) is 50.7 Å². The van der Waals surface area contributed by atoms with Crippen LogP contribution >= 0.6 is 0 Å². The number of ether oxygens (including phenoxy) is 1. The summed E-state index contributed by atoms with van der Waals surface area (Å²) in [6.07, 6.45) is 3.10. The van der Waals surface area contributed by atoms with Crippen LogP contribution in [0.2, 0.25) is 0 Å². The lowest BCUT2D eigenvalue weighted by Gasteiger charge is -2.32. The van der Waals surface area contributed by atoms with Gasteiger partial charge in [-0.05, 0) is 63.9 Å². The van der Waals surface area contributed by atoms with Crippen molar-refractivity contribution in [3.8, 4) is 17.3 Å². The number of fused-ring (bicyclic) bond motifs is 1. The van der Waals surface area contributed by atoms with E-state index >= 15 is 0 Å². The van der Waals surface area contributed by atoms with Crippen LogP contribution in [0.1, 0.15) is 44.3 Å². The second kappa shape index (κ2) is 10.3. The molecule has 1 amide bonds. The van der Waals surface area contributed by atoms with Gasteiger partial charge in [-0.25, -0.2) is 9.97 Å². The van der Waals surface area contributed by atoms with Crippen LogP contribution in [0.3, 0.4) is 0 Å². The topological polar surface area (TPSA) is 119 Å². The average Bonchev–Trinajstić information content (AvgIpc) is 3.40. The maximum absolute atomic E-state index is 12.9. The highest BCUT2D eigenvalue weighted by atomic mass is 16.5. The molecule has 1 N–H and O–H groups in total. The maximum Gasteiger partial charge on any atom is 0.249 e. The van der Waals surface area contributed by atoms with Crippen LogP contribution < -0.4 is 15.0 Å². The maximum atomic E-state index is 12.9. The highest BCUT2D eigenvalue weighted by molar-refractivity contribution is 5.83. The number of hydrogen-bond donors (Lipinski definition) is 1. The number of carbonyl (C=O) groups is 1. The number of nitrogens with one attached hydrogen (secondary N) is 1. The molecule has 0 aliphatic carbocycles. The van der Waals surface area contributed by atoms with Crippen molar-refractivity contribution in [3.63, 3.8) is 0 Å². The van der Waals surface area contributed by atoms with Gasteiger partial charge >= 0.3 is 0 Å². The van der Waals surface area contributed by atoms with Gasteiger partial charge in [0.05, 0.1) is 17.8 Å². The normalized spacial score (nSPS) is 15.1. The Balaban J connectivity index is 1.19. The van der Waals surface area contributed by atoms with Crippen molar-refractivity contribution in [2.75, 3.05) is 24.6 Å². The van der Waals surface area contributed by atoms with Crippen molar-refractivity contribution in [2.45, 2.75) is 39.7 Å². The van der Waals surface area contributed by atoms with Crippen LogP contribution in [0.4, 0.5) is 5.95 Å². The summed E-state index contributed by atoms with van der Waals surface area (Å²) in [5.74, 6) is 2.16. The first-order valence-corrected chi connectivity index (χ1v) is 12.2. The van der Waals surface area contributed by atoms with Crippen LogP contribution in [0.5, 0.6) is 5.75 Å². The lowest BCUT2D eigenvalue weighted by molar-refractivity contribution is -0.126. The smallest absolute Gasteiger partial charge is 0.249 e. The molecule has 0 radical (unpaired) electrons. The minimum atomic E-state index is -0.395. The molecule has 1 atom stereocenters. The van der Waals surface area contributed by atoms with Crippen LogP contribution in [0.25, 0.3) is 22.4 Å². The summed E-state index contributed by atoms with van der Waals surface area (Å²) in [5.41, 5.74) is 2.42. The molecule has 3 aromatic heterocycles. The summed E-state index contributed by atoms with van der Waals surface area (Å²) < 4.78 is 11.0. The summed E-state index contributed by atoms with van der Waals surface area (Å²) in [6.45, 7) is 7.82. The third-order valence-corrected chi connectivity index (χ3v) is 6.37. The van der Waals surface area contributed by atoms with Gasteiger partial charge in [0, 0.05) is 30.6 Å². The van der Waals surface area contributed by atoms with Crippen LogP contribution in [0.15, 0.2) is 47.1 Å². The molecule has 36 heavy (non-hydrogen) atoms. The Kier molecular flexibility index (Phi) is 6.75. The molecular weight excluding hydrogens is 458 g/mol. The van der Waals surface area contributed by atoms with Crippen molar-refractivity contribution in [1.29, 1.82) is 0 Å². The number of benzene rings is 1. The van der Waals surface area contributed by atoms with Crippen molar-refractivity contribution < 1.29 is 14.1 Å². The number of nitrogens with zero attached hydrogens (tertiary/aromatic N) is 6. The van der Waals surface area contributed by atoms with Crippen molar-refractivity contribution in [3.05, 3.63) is 54.2 Å². The van der Waals surface area contributed by atoms with Crippen LogP contribution in [-0.2, 0) is 4.79 Å². The van der Waals surface area contributed by atoms with Gasteiger partial charge in [-0.2, -0.15) is 4.98 Å². The van der Waals surface area contributed by atoms with Gasteiger partial charge in [0.2, 0.25) is 23.6 Å². The summed E-state index contributed by atoms with van der Waals surface area (Å²) >= 11 is 0. The molecule has 10 heteroatoms. The zero-order valence-corrected chi connectivity index (χ0v) is 20.6. The number of amides is 1. The van der Waals surface area contributed by atoms with E-state index in [1.807, 2.05) is 57.2 Å². The second-order valence-electron chi connectivity index (χ2n) is 8.88. The second-order valence-corrected chi connectivity index (χ2v) is 8.88. The number of pyridine rings is 1. The number of aromatic nitrogens is 5. The van der Waals surface area contributed by atoms with Crippen LogP contribution in [0, 0.1) is 12.8 Å². The van der Waals surface area contributed by atoms with E-state index in [-0.39, 0.29) is 11.8 Å². The number of rotatable bonds is 7. The van der Waals surface area contributed by atoms with E-state index in [0.717, 1.165) is 22.3 Å².